The summed E-state index contributed by atoms with van der Waals surface area (Å²) in [5.41, 5.74) is 3.15. The molecule has 9 aliphatic rings. The van der Waals surface area contributed by atoms with E-state index >= 15 is 0 Å². The zero-order chi connectivity index (χ0) is 67.8. The van der Waals surface area contributed by atoms with Crippen LogP contribution in [0.2, 0.25) is 0 Å². The Bertz CT molecular complexity index is 3100. The van der Waals surface area contributed by atoms with E-state index in [1.54, 1.807) is 40.2 Å². The highest BCUT2D eigenvalue weighted by molar-refractivity contribution is 7.99. The van der Waals surface area contributed by atoms with Crippen molar-refractivity contribution in [3.8, 4) is 0 Å². The molecule has 8 aliphatic heterocycles. The number of nitrogens with zero attached hydrogens (tertiary/aromatic N) is 2. The number of allylic oxidation sites excluding steroid dienone is 2. The van der Waals surface area contributed by atoms with E-state index in [2.05, 4.69) is 105 Å². The van der Waals surface area contributed by atoms with Gasteiger partial charge in [-0.1, -0.05) is 101 Å². The molecule has 2 aromatic carbocycles. The van der Waals surface area contributed by atoms with Gasteiger partial charge < -0.3 is 77.8 Å². The predicted molar refractivity (Wildman–Crippen MR) is 356 cm³/mol. The number of fused-ring (bicyclic) bond motifs is 4. The molecule has 21 unspecified atom stereocenters. The molecule has 8 heterocycles. The fourth-order valence-corrected chi connectivity index (χ4v) is 15.9. The molecule has 5 N–H and O–H groups in total. The third-order valence-corrected chi connectivity index (χ3v) is 22.0. The number of carbonyl (C=O) groups excluding carboxylic acids is 1. The number of carboxylic acid groups (broad SMARTS) is 2. The number of aliphatic hydroxyl groups is 3. The minimum absolute atomic E-state index is 0.0317. The normalized spacial score (nSPS) is 37.4. The number of thioether (sulfide) groups is 1. The molecule has 2 bridgehead atoms. The summed E-state index contributed by atoms with van der Waals surface area (Å²) in [4.78, 5) is 42.8. The van der Waals surface area contributed by atoms with E-state index in [-0.39, 0.29) is 42.7 Å². The average Bonchev–Trinajstić information content (AvgIpc) is 1.48. The van der Waals surface area contributed by atoms with Crippen LogP contribution in [-0.4, -0.2) is 211 Å². The summed E-state index contributed by atoms with van der Waals surface area (Å²) in [7, 11) is 5.45. The van der Waals surface area contributed by atoms with Crippen molar-refractivity contribution in [3.63, 3.8) is 0 Å². The average molecular weight is 1350 g/mol. The lowest BCUT2D eigenvalue weighted by Crippen LogP contribution is -2.58. The first-order valence-corrected chi connectivity index (χ1v) is 35.3. The Hall–Kier alpha value is -4.57. The van der Waals surface area contributed by atoms with Crippen molar-refractivity contribution in [2.75, 3.05) is 60.3 Å². The summed E-state index contributed by atoms with van der Waals surface area (Å²) in [6.07, 6.45) is 13.0. The van der Waals surface area contributed by atoms with Gasteiger partial charge in [-0.05, 0) is 118 Å². The number of ether oxygens (including phenoxy) is 10. The second-order valence-corrected chi connectivity index (χ2v) is 28.6. The van der Waals surface area contributed by atoms with Crippen molar-refractivity contribution >= 4 is 41.4 Å². The molecule has 0 saturated carbocycles. The standard InChI is InChI=1S/C48H72O14.C20H24N2S2.C4H4O4/c1-11-25(2)43-28(5)17-18-47(62-43)23-34-20-33(61-47)16-15-27(4)42(26(3)13-12-14-32-24-55-45-40(49)29(6)19-35(46(51)58-34)48(32,45)52)59-39-22-37(54-10)44(31(8)57-39)60-38-21-36(53-9)41(50)30(7)56-38;1-21-9-11-22(12-10-21)18-13-15-5-3-4-6-19(15)24-20-8-7-16(23-2)14-17(18)20;5-3(6)1-2-4(7)8/h12-15,17-19,25-26,28,30-31,33-45,49-50,52H,11,16,20-24H2,1-10H3;3-8,14,18H,9-13H2,1-2H3;1-2H,(H,5,6)(H,7,8). The number of piperazine rings is 1. The molecule has 518 valence electrons. The molecular formula is C72H100N2O18S2. The Labute approximate surface area is 563 Å². The third-order valence-electron chi connectivity index (χ3n) is 20.0. The van der Waals surface area contributed by atoms with Gasteiger partial charge in [-0.15, -0.1) is 11.8 Å². The number of aliphatic hydroxyl groups excluding tert-OH is 2. The van der Waals surface area contributed by atoms with E-state index in [4.69, 9.17) is 57.6 Å². The largest absolute Gasteiger partial charge is 0.478 e. The number of rotatable bonds is 12. The van der Waals surface area contributed by atoms with Gasteiger partial charge >= 0.3 is 17.9 Å². The Morgan fingerprint density at radius 2 is 1.54 bits per heavy atom. The summed E-state index contributed by atoms with van der Waals surface area (Å²) in [5, 5.41) is 49.9. The lowest BCUT2D eigenvalue weighted by molar-refractivity contribution is -0.318. The van der Waals surface area contributed by atoms with E-state index in [0.29, 0.717) is 61.4 Å². The number of benzene rings is 2. The predicted octanol–water partition coefficient (Wildman–Crippen LogP) is 9.49. The van der Waals surface area contributed by atoms with Crippen LogP contribution in [0.5, 0.6) is 0 Å². The molecule has 94 heavy (non-hydrogen) atoms. The van der Waals surface area contributed by atoms with E-state index in [0.717, 1.165) is 31.5 Å². The zero-order valence-corrected chi connectivity index (χ0v) is 58.1. The lowest BCUT2D eigenvalue weighted by Gasteiger charge is -2.48. The number of aliphatic carboxylic acids is 2. The van der Waals surface area contributed by atoms with Gasteiger partial charge in [-0.25, -0.2) is 9.59 Å². The van der Waals surface area contributed by atoms with E-state index in [1.165, 1.54) is 38.9 Å². The van der Waals surface area contributed by atoms with Gasteiger partial charge in [0.1, 0.15) is 42.0 Å². The fourth-order valence-electron chi connectivity index (χ4n) is 14.4. The minimum atomic E-state index is -1.84. The number of likely N-dealkylation sites (N-methyl/N-ethyl adjacent to an activating group) is 1. The number of hydrogen-bond donors (Lipinski definition) is 5. The lowest BCUT2D eigenvalue weighted by atomic mass is 9.71. The number of esters is 1. The monoisotopic (exact) mass is 1340 g/mol. The fraction of sp³-hybridized carbons (Fsp3) is 0.625. The van der Waals surface area contributed by atoms with Crippen molar-refractivity contribution in [1.29, 1.82) is 0 Å². The summed E-state index contributed by atoms with van der Waals surface area (Å²) in [5.74, 6) is -5.08. The van der Waals surface area contributed by atoms with Gasteiger partial charge in [0, 0.05) is 111 Å². The van der Waals surface area contributed by atoms with Crippen molar-refractivity contribution < 1.29 is 87.3 Å². The third kappa shape index (κ3) is 17.5. The first-order valence-electron chi connectivity index (χ1n) is 33.2. The maximum Gasteiger partial charge on any atom is 0.328 e. The van der Waals surface area contributed by atoms with E-state index < -0.39 is 103 Å². The van der Waals surface area contributed by atoms with Crippen LogP contribution < -0.4 is 0 Å². The van der Waals surface area contributed by atoms with Crippen LogP contribution in [-0.2, 0) is 68.2 Å². The van der Waals surface area contributed by atoms with Gasteiger partial charge in [0.2, 0.25) is 0 Å². The van der Waals surface area contributed by atoms with Gasteiger partial charge in [0.05, 0.1) is 49.3 Å². The highest BCUT2D eigenvalue weighted by Crippen LogP contribution is 2.48. The number of methoxy groups -OCH3 is 2. The van der Waals surface area contributed by atoms with Crippen LogP contribution in [0.3, 0.4) is 0 Å². The summed E-state index contributed by atoms with van der Waals surface area (Å²) in [6, 6.07) is 16.5. The maximum absolute atomic E-state index is 14.3. The molecule has 20 nitrogen and oxygen atoms in total. The van der Waals surface area contributed by atoms with Crippen molar-refractivity contribution in [3.05, 3.63) is 125 Å². The molecule has 5 fully saturated rings. The van der Waals surface area contributed by atoms with E-state index in [9.17, 15) is 29.7 Å². The maximum atomic E-state index is 14.3. The first kappa shape index (κ1) is 73.7. The Kier molecular flexibility index (Phi) is 25.8. The van der Waals surface area contributed by atoms with Crippen LogP contribution in [0.15, 0.2) is 129 Å². The molecule has 0 amide bonds. The number of hydrogen-bond acceptors (Lipinski definition) is 20. The van der Waals surface area contributed by atoms with Gasteiger partial charge in [-0.3, -0.25) is 9.69 Å². The molecule has 2 aromatic rings. The summed E-state index contributed by atoms with van der Waals surface area (Å²) >= 11 is 3.79. The SMILES string of the molecule is CCC(C)C1OC2(C=CC1C)CC1CC(CC=C(C)C(OC3CC(OC)C(OC4CC(OC)C(O)C(C)O4)C(C)O3)C(C)C=CC=C3COC4C(O)C(C)=CC(C(=O)O1)C34O)O2.CSc1ccc2c(c1)C(N1CCN(C)CC1)Cc1ccccc1S2.O=C(O)C=CC(=O)O. The molecule has 1 aliphatic carbocycles. The number of carboxylic acids is 2. The second-order valence-electron chi connectivity index (χ2n) is 26.6. The van der Waals surface area contributed by atoms with Gasteiger partial charge in [-0.2, -0.15) is 0 Å². The van der Waals surface area contributed by atoms with Crippen LogP contribution in [0.4, 0.5) is 0 Å². The molecular weight excluding hydrogens is 1240 g/mol. The molecule has 21 atom stereocenters. The van der Waals surface area contributed by atoms with Crippen LogP contribution in [0, 0.1) is 23.7 Å². The van der Waals surface area contributed by atoms with Gasteiger partial charge in [0.25, 0.3) is 0 Å². The Morgan fingerprint density at radius 1 is 0.851 bits per heavy atom. The smallest absolute Gasteiger partial charge is 0.328 e. The Morgan fingerprint density at radius 3 is 2.23 bits per heavy atom. The molecule has 1 spiro atoms. The molecule has 22 heteroatoms. The topological polar surface area (TPSA) is 251 Å². The quantitative estimate of drug-likeness (QED) is 0.0574. The van der Waals surface area contributed by atoms with Crippen molar-refractivity contribution in [2.45, 2.75) is 218 Å². The highest BCUT2D eigenvalue weighted by Gasteiger charge is 2.60. The number of carbonyl (C=O) groups is 3. The summed E-state index contributed by atoms with van der Waals surface area (Å²) < 4.78 is 63.7. The first-order chi connectivity index (χ1) is 44.9. The molecule has 0 radical (unpaired) electrons. The second kappa shape index (κ2) is 32.9. The van der Waals surface area contributed by atoms with Crippen molar-refractivity contribution in [2.24, 2.45) is 23.7 Å². The van der Waals surface area contributed by atoms with Crippen LogP contribution in [0.1, 0.15) is 111 Å². The van der Waals surface area contributed by atoms with Crippen LogP contribution in [0.25, 0.3) is 0 Å². The molecule has 5 saturated heterocycles. The van der Waals surface area contributed by atoms with Crippen molar-refractivity contribution in [1.82, 2.24) is 9.80 Å². The van der Waals surface area contributed by atoms with E-state index in [1.807, 2.05) is 55.6 Å². The summed E-state index contributed by atoms with van der Waals surface area (Å²) in [6.45, 7) is 20.8. The van der Waals surface area contributed by atoms with Crippen LogP contribution >= 0.6 is 23.5 Å². The zero-order valence-electron chi connectivity index (χ0n) is 56.4. The highest BCUT2D eigenvalue weighted by atomic mass is 32.2. The van der Waals surface area contributed by atoms with Gasteiger partial charge in [0.15, 0.2) is 18.4 Å². The molecule has 0 aromatic heterocycles. The Balaban J connectivity index is 0.000000264. The minimum Gasteiger partial charge on any atom is -0.478 e. The molecule has 11 rings (SSSR count).